The second kappa shape index (κ2) is 6.93. The van der Waals surface area contributed by atoms with Crippen molar-refractivity contribution in [1.82, 2.24) is 4.90 Å². The van der Waals surface area contributed by atoms with E-state index in [1.807, 2.05) is 36.4 Å². The van der Waals surface area contributed by atoms with Crippen LogP contribution in [0.5, 0.6) is 5.75 Å². The van der Waals surface area contributed by atoms with Crippen LogP contribution in [-0.2, 0) is 0 Å². The summed E-state index contributed by atoms with van der Waals surface area (Å²) in [6.45, 7) is 3.10. The molecule has 3 heteroatoms. The molecular formula is C19H23NO2. The summed E-state index contributed by atoms with van der Waals surface area (Å²) in [7, 11) is 1.63. The van der Waals surface area contributed by atoms with Gasteiger partial charge in [0.15, 0.2) is 5.78 Å². The maximum atomic E-state index is 12.8. The number of hydrogen-bond donors (Lipinski definition) is 0. The zero-order valence-electron chi connectivity index (χ0n) is 13.2. The Morgan fingerprint density at radius 2 is 1.86 bits per heavy atom. The Hall–Kier alpha value is -1.87. The molecule has 0 radical (unpaired) electrons. The summed E-state index contributed by atoms with van der Waals surface area (Å²) in [5.74, 6) is 0.863. The van der Waals surface area contributed by atoms with Crippen LogP contribution in [0.3, 0.4) is 0 Å². The van der Waals surface area contributed by atoms with Gasteiger partial charge in [-0.25, -0.2) is 0 Å². The van der Waals surface area contributed by atoms with E-state index >= 15 is 0 Å². The van der Waals surface area contributed by atoms with Crippen LogP contribution in [0, 0.1) is 0 Å². The van der Waals surface area contributed by atoms with Crippen molar-refractivity contribution in [3.05, 3.63) is 42.0 Å². The highest BCUT2D eigenvalue weighted by atomic mass is 16.5. The number of fused-ring (bicyclic) bond motifs is 1. The van der Waals surface area contributed by atoms with E-state index in [4.69, 9.17) is 4.74 Å². The molecule has 3 rings (SSSR count). The topological polar surface area (TPSA) is 29.5 Å². The average Bonchev–Trinajstić information content (AvgIpc) is 2.59. The second-order valence-corrected chi connectivity index (χ2v) is 5.94. The van der Waals surface area contributed by atoms with E-state index in [2.05, 4.69) is 4.90 Å². The Labute approximate surface area is 131 Å². The fraction of sp³-hybridized carbons (Fsp3) is 0.421. The van der Waals surface area contributed by atoms with Gasteiger partial charge in [-0.3, -0.25) is 4.79 Å². The Morgan fingerprint density at radius 3 is 2.64 bits per heavy atom. The van der Waals surface area contributed by atoms with Crippen molar-refractivity contribution in [3.8, 4) is 5.75 Å². The lowest BCUT2D eigenvalue weighted by Crippen LogP contribution is -2.31. The van der Waals surface area contributed by atoms with E-state index in [9.17, 15) is 4.79 Å². The molecule has 0 N–H and O–H groups in total. The first-order valence-corrected chi connectivity index (χ1v) is 8.11. The maximum absolute atomic E-state index is 12.8. The molecule has 1 heterocycles. The zero-order valence-corrected chi connectivity index (χ0v) is 13.2. The van der Waals surface area contributed by atoms with Gasteiger partial charge in [-0.1, -0.05) is 36.8 Å². The van der Waals surface area contributed by atoms with Gasteiger partial charge >= 0.3 is 0 Å². The van der Waals surface area contributed by atoms with Crippen molar-refractivity contribution in [1.29, 1.82) is 0 Å². The molecule has 116 valence electrons. The number of carbonyl (C=O) groups excluding carboxylic acids is 1. The smallest absolute Gasteiger partial charge is 0.168 e. The van der Waals surface area contributed by atoms with Crippen molar-refractivity contribution < 1.29 is 9.53 Å². The summed E-state index contributed by atoms with van der Waals surface area (Å²) >= 11 is 0. The van der Waals surface area contributed by atoms with Gasteiger partial charge in [0.25, 0.3) is 0 Å². The number of ether oxygens (including phenoxy) is 1. The fourth-order valence-electron chi connectivity index (χ4n) is 3.28. The number of hydrogen-bond acceptors (Lipinski definition) is 3. The minimum Gasteiger partial charge on any atom is -0.496 e. The number of Topliss-reactive ketones (excluding diaryl/α,β-unsaturated/α-hetero) is 1. The summed E-state index contributed by atoms with van der Waals surface area (Å²) in [4.78, 5) is 15.2. The summed E-state index contributed by atoms with van der Waals surface area (Å²) in [5, 5.41) is 2.08. The average molecular weight is 297 g/mol. The van der Waals surface area contributed by atoms with E-state index in [1.165, 1.54) is 19.3 Å². The van der Waals surface area contributed by atoms with Crippen molar-refractivity contribution in [2.75, 3.05) is 26.7 Å². The van der Waals surface area contributed by atoms with Gasteiger partial charge in [0, 0.05) is 13.0 Å². The summed E-state index contributed by atoms with van der Waals surface area (Å²) in [6.07, 6.45) is 4.39. The van der Waals surface area contributed by atoms with Gasteiger partial charge in [-0.2, -0.15) is 0 Å². The Bertz CT molecular complexity index is 660. The van der Waals surface area contributed by atoms with Crippen molar-refractivity contribution in [3.63, 3.8) is 0 Å². The second-order valence-electron chi connectivity index (χ2n) is 5.94. The first kappa shape index (κ1) is 15.0. The Kier molecular flexibility index (Phi) is 4.74. The Morgan fingerprint density at radius 1 is 1.09 bits per heavy atom. The number of ketones is 1. The fourth-order valence-corrected chi connectivity index (χ4v) is 3.28. The molecule has 0 aromatic heterocycles. The highest BCUT2D eigenvalue weighted by Gasteiger charge is 2.18. The van der Waals surface area contributed by atoms with Crippen LogP contribution in [0.25, 0.3) is 10.8 Å². The van der Waals surface area contributed by atoms with Gasteiger partial charge in [0.1, 0.15) is 5.75 Å². The lowest BCUT2D eigenvalue weighted by Gasteiger charge is -2.26. The van der Waals surface area contributed by atoms with Crippen molar-refractivity contribution in [2.24, 2.45) is 0 Å². The zero-order chi connectivity index (χ0) is 15.4. The van der Waals surface area contributed by atoms with Crippen LogP contribution in [0.4, 0.5) is 0 Å². The van der Waals surface area contributed by atoms with Crippen LogP contribution in [0.1, 0.15) is 36.0 Å². The number of likely N-dealkylation sites (tertiary alicyclic amines) is 1. The third-order valence-electron chi connectivity index (χ3n) is 4.49. The van der Waals surface area contributed by atoms with E-state index in [0.717, 1.165) is 36.0 Å². The molecule has 2 aromatic carbocycles. The standard InChI is InChI=1S/C19H23NO2/c1-22-18-10-9-15-7-3-4-8-16(15)19(18)17(21)11-14-20-12-5-2-6-13-20/h3-4,7-10H,2,5-6,11-14H2,1H3. The molecule has 1 aliphatic heterocycles. The predicted molar refractivity (Wildman–Crippen MR) is 89.7 cm³/mol. The molecule has 1 aliphatic rings. The van der Waals surface area contributed by atoms with Gasteiger partial charge < -0.3 is 9.64 Å². The molecule has 3 nitrogen and oxygen atoms in total. The molecule has 0 atom stereocenters. The molecule has 0 amide bonds. The van der Waals surface area contributed by atoms with Gasteiger partial charge in [-0.15, -0.1) is 0 Å². The number of methoxy groups -OCH3 is 1. The molecule has 2 aromatic rings. The number of carbonyl (C=O) groups is 1. The minimum absolute atomic E-state index is 0.180. The third-order valence-corrected chi connectivity index (χ3v) is 4.49. The Balaban J connectivity index is 1.82. The van der Waals surface area contributed by atoms with Crippen LogP contribution in [-0.4, -0.2) is 37.4 Å². The van der Waals surface area contributed by atoms with E-state index in [-0.39, 0.29) is 5.78 Å². The van der Waals surface area contributed by atoms with Crippen LogP contribution >= 0.6 is 0 Å². The first-order chi connectivity index (χ1) is 10.8. The minimum atomic E-state index is 0.180. The molecule has 0 unspecified atom stereocenters. The molecule has 0 spiro atoms. The molecule has 0 aliphatic carbocycles. The van der Waals surface area contributed by atoms with E-state index in [1.54, 1.807) is 7.11 Å². The molecule has 22 heavy (non-hydrogen) atoms. The number of benzene rings is 2. The summed E-state index contributed by atoms with van der Waals surface area (Å²) in [6, 6.07) is 11.9. The molecular weight excluding hydrogens is 274 g/mol. The largest absolute Gasteiger partial charge is 0.496 e. The predicted octanol–water partition coefficient (Wildman–Crippen LogP) is 3.91. The number of rotatable bonds is 5. The van der Waals surface area contributed by atoms with Crippen molar-refractivity contribution >= 4 is 16.6 Å². The van der Waals surface area contributed by atoms with E-state index < -0.39 is 0 Å². The highest BCUT2D eigenvalue weighted by molar-refractivity contribution is 6.10. The van der Waals surface area contributed by atoms with Gasteiger partial charge in [0.05, 0.1) is 12.7 Å². The molecule has 0 bridgehead atoms. The van der Waals surface area contributed by atoms with Crippen LogP contribution < -0.4 is 4.74 Å². The number of nitrogens with zero attached hydrogens (tertiary/aromatic N) is 1. The van der Waals surface area contributed by atoms with E-state index in [0.29, 0.717) is 12.2 Å². The first-order valence-electron chi connectivity index (χ1n) is 8.11. The molecule has 1 saturated heterocycles. The molecule has 1 fully saturated rings. The van der Waals surface area contributed by atoms with Gasteiger partial charge in [-0.05, 0) is 42.8 Å². The van der Waals surface area contributed by atoms with Crippen LogP contribution in [0.15, 0.2) is 36.4 Å². The number of piperidine rings is 1. The van der Waals surface area contributed by atoms with Crippen molar-refractivity contribution in [2.45, 2.75) is 25.7 Å². The van der Waals surface area contributed by atoms with Crippen LogP contribution in [0.2, 0.25) is 0 Å². The van der Waals surface area contributed by atoms with Gasteiger partial charge in [0.2, 0.25) is 0 Å². The maximum Gasteiger partial charge on any atom is 0.168 e. The normalized spacial score (nSPS) is 15.9. The lowest BCUT2D eigenvalue weighted by molar-refractivity contribution is 0.0957. The SMILES string of the molecule is COc1ccc2ccccc2c1C(=O)CCN1CCCCC1. The lowest BCUT2D eigenvalue weighted by atomic mass is 9.98. The third kappa shape index (κ3) is 3.14. The summed E-state index contributed by atoms with van der Waals surface area (Å²) in [5.41, 5.74) is 0.734. The summed E-state index contributed by atoms with van der Waals surface area (Å²) < 4.78 is 5.43. The molecule has 0 saturated carbocycles. The quantitative estimate of drug-likeness (QED) is 0.784. The monoisotopic (exact) mass is 297 g/mol. The highest BCUT2D eigenvalue weighted by Crippen LogP contribution is 2.29.